The number of esters is 1. The maximum Gasteiger partial charge on any atom is 0.422 e. The largest absolute Gasteiger partial charge is 0.426 e. The number of alkyl halides is 3. The summed E-state index contributed by atoms with van der Waals surface area (Å²) in [5, 5.41) is 0. The lowest BCUT2D eigenvalue weighted by molar-refractivity contribution is -0.142. The van der Waals surface area contributed by atoms with Crippen molar-refractivity contribution < 1.29 is 31.5 Å². The smallest absolute Gasteiger partial charge is 0.422 e. The van der Waals surface area contributed by atoms with Gasteiger partial charge >= 0.3 is 12.1 Å². The van der Waals surface area contributed by atoms with Gasteiger partial charge in [-0.1, -0.05) is 26.7 Å². The first-order valence-corrected chi connectivity index (χ1v) is 8.95. The Hall–Kier alpha value is -1.66. The van der Waals surface area contributed by atoms with Crippen molar-refractivity contribution in [2.45, 2.75) is 58.5 Å². The monoisotopic (exact) mass is 378 g/mol. The fraction of sp³-hybridized carbons (Fsp3) is 0.632. The number of benzene rings is 1. The van der Waals surface area contributed by atoms with Crippen LogP contribution in [0.1, 0.15) is 57.9 Å². The third kappa shape index (κ3) is 4.74. The van der Waals surface area contributed by atoms with E-state index in [0.29, 0.717) is 36.8 Å². The first kappa shape index (κ1) is 20.6. The second kappa shape index (κ2) is 8.35. The van der Waals surface area contributed by atoms with E-state index in [1.807, 2.05) is 0 Å². The first-order valence-electron chi connectivity index (χ1n) is 8.95. The Morgan fingerprint density at radius 2 is 1.58 bits per heavy atom. The predicted molar refractivity (Wildman–Crippen MR) is 86.5 cm³/mol. The fourth-order valence-electron chi connectivity index (χ4n) is 3.86. The molecule has 0 bridgehead atoms. The van der Waals surface area contributed by atoms with Crippen LogP contribution in [0.2, 0.25) is 0 Å². The molecule has 1 saturated carbocycles. The summed E-state index contributed by atoms with van der Waals surface area (Å²) in [4.78, 5) is 12.2. The summed E-state index contributed by atoms with van der Waals surface area (Å²) >= 11 is 0. The summed E-state index contributed by atoms with van der Waals surface area (Å²) in [5.41, 5.74) is -1.98. The van der Waals surface area contributed by atoms with Gasteiger partial charge < -0.3 is 4.74 Å². The van der Waals surface area contributed by atoms with Crippen LogP contribution in [0.5, 0.6) is 5.75 Å². The minimum absolute atomic E-state index is 0.394. The molecular formula is C19H23F5O2. The minimum atomic E-state index is -5.15. The molecule has 1 aromatic rings. The van der Waals surface area contributed by atoms with Crippen molar-refractivity contribution in [3.8, 4) is 5.75 Å². The second-order valence-corrected chi connectivity index (χ2v) is 6.87. The molecule has 7 heteroatoms. The van der Waals surface area contributed by atoms with Crippen molar-refractivity contribution in [1.82, 2.24) is 0 Å². The van der Waals surface area contributed by atoms with Crippen LogP contribution in [0.15, 0.2) is 12.1 Å². The molecule has 26 heavy (non-hydrogen) atoms. The van der Waals surface area contributed by atoms with Crippen molar-refractivity contribution in [3.63, 3.8) is 0 Å². The predicted octanol–water partition coefficient (Wildman–Crippen LogP) is 6.13. The van der Waals surface area contributed by atoms with Crippen LogP contribution in [0.25, 0.3) is 0 Å². The maximum atomic E-state index is 13.6. The van der Waals surface area contributed by atoms with Gasteiger partial charge in [0.25, 0.3) is 0 Å². The number of ether oxygens (including phenoxy) is 1. The quantitative estimate of drug-likeness (QED) is 0.350. The van der Waals surface area contributed by atoms with Gasteiger partial charge in [0, 0.05) is 12.1 Å². The maximum absolute atomic E-state index is 13.6. The van der Waals surface area contributed by atoms with Gasteiger partial charge in [-0.2, -0.15) is 13.2 Å². The molecule has 0 aromatic heterocycles. The van der Waals surface area contributed by atoms with Crippen LogP contribution in [-0.4, -0.2) is 5.97 Å². The normalized spacial score (nSPS) is 21.1. The van der Waals surface area contributed by atoms with E-state index in [2.05, 4.69) is 13.8 Å². The topological polar surface area (TPSA) is 26.3 Å². The van der Waals surface area contributed by atoms with E-state index >= 15 is 0 Å². The van der Waals surface area contributed by atoms with E-state index in [-0.39, 0.29) is 0 Å². The van der Waals surface area contributed by atoms with Crippen LogP contribution < -0.4 is 4.74 Å². The molecule has 0 unspecified atom stereocenters. The Morgan fingerprint density at radius 3 is 2.00 bits per heavy atom. The third-order valence-corrected chi connectivity index (χ3v) is 5.34. The van der Waals surface area contributed by atoms with E-state index in [9.17, 15) is 26.7 Å². The molecule has 1 aromatic carbocycles. The number of carbonyl (C=O) groups excluding carboxylic acids is 1. The van der Waals surface area contributed by atoms with Gasteiger partial charge in [-0.15, -0.1) is 0 Å². The molecule has 0 spiro atoms. The minimum Gasteiger partial charge on any atom is -0.426 e. The first-order chi connectivity index (χ1) is 12.2. The van der Waals surface area contributed by atoms with E-state index in [1.54, 1.807) is 0 Å². The Bertz CT molecular complexity index is 606. The van der Waals surface area contributed by atoms with Crippen LogP contribution in [-0.2, 0) is 11.0 Å². The zero-order valence-electron chi connectivity index (χ0n) is 14.8. The summed E-state index contributed by atoms with van der Waals surface area (Å²) in [7, 11) is 0. The lowest BCUT2D eigenvalue weighted by Crippen LogP contribution is -2.28. The summed E-state index contributed by atoms with van der Waals surface area (Å²) in [6.45, 7) is 4.28. The zero-order chi connectivity index (χ0) is 19.5. The third-order valence-electron chi connectivity index (χ3n) is 5.34. The molecule has 0 saturated heterocycles. The van der Waals surface area contributed by atoms with E-state index in [0.717, 1.165) is 25.7 Å². The molecule has 2 rings (SSSR count). The molecule has 0 amide bonds. The number of hydrogen-bond donors (Lipinski definition) is 0. The Kier molecular flexibility index (Phi) is 6.64. The van der Waals surface area contributed by atoms with Crippen molar-refractivity contribution in [2.75, 3.05) is 0 Å². The van der Waals surface area contributed by atoms with Gasteiger partial charge in [0.1, 0.15) is 22.9 Å². The molecule has 0 aliphatic heterocycles. The van der Waals surface area contributed by atoms with Gasteiger partial charge in [-0.3, -0.25) is 4.79 Å². The van der Waals surface area contributed by atoms with Crippen molar-refractivity contribution in [1.29, 1.82) is 0 Å². The van der Waals surface area contributed by atoms with Crippen molar-refractivity contribution in [3.05, 3.63) is 29.3 Å². The highest BCUT2D eigenvalue weighted by atomic mass is 19.4. The molecular weight excluding hydrogens is 355 g/mol. The Labute approximate surface area is 149 Å². The zero-order valence-corrected chi connectivity index (χ0v) is 14.8. The van der Waals surface area contributed by atoms with Gasteiger partial charge in [-0.25, -0.2) is 8.78 Å². The number of halogens is 5. The van der Waals surface area contributed by atoms with Crippen molar-refractivity contribution >= 4 is 5.97 Å². The Balaban J connectivity index is 2.01. The van der Waals surface area contributed by atoms with E-state index in [1.165, 1.54) is 0 Å². The number of hydrogen-bond acceptors (Lipinski definition) is 2. The molecule has 146 valence electrons. The highest BCUT2D eigenvalue weighted by Gasteiger charge is 2.38. The molecule has 2 nitrogen and oxygen atoms in total. The van der Waals surface area contributed by atoms with Crippen molar-refractivity contribution in [2.24, 2.45) is 17.8 Å². The molecule has 0 N–H and O–H groups in total. The molecule has 1 fully saturated rings. The SMILES string of the molecule is CCC(CC)C1CCC(C(=O)Oc2cc(F)c(C(F)(F)F)c(F)c2)CC1. The highest BCUT2D eigenvalue weighted by molar-refractivity contribution is 5.75. The van der Waals surface area contributed by atoms with Gasteiger partial charge in [0.05, 0.1) is 5.92 Å². The fourth-order valence-corrected chi connectivity index (χ4v) is 3.86. The average Bonchev–Trinajstić information content (AvgIpc) is 2.54. The van der Waals surface area contributed by atoms with E-state index in [4.69, 9.17) is 4.74 Å². The molecule has 1 aliphatic rings. The molecule has 0 radical (unpaired) electrons. The molecule has 1 aliphatic carbocycles. The average molecular weight is 378 g/mol. The van der Waals surface area contributed by atoms with Gasteiger partial charge in [0.2, 0.25) is 0 Å². The van der Waals surface area contributed by atoms with Crippen LogP contribution in [0.3, 0.4) is 0 Å². The van der Waals surface area contributed by atoms with Crippen LogP contribution in [0.4, 0.5) is 22.0 Å². The lowest BCUT2D eigenvalue weighted by Gasteiger charge is -2.32. The molecule has 0 heterocycles. The number of carbonyl (C=O) groups is 1. The summed E-state index contributed by atoms with van der Waals surface area (Å²) in [6.07, 6.45) is 0.00580. The number of rotatable bonds is 5. The second-order valence-electron chi connectivity index (χ2n) is 6.87. The van der Waals surface area contributed by atoms with Gasteiger partial charge in [-0.05, 0) is 37.5 Å². The lowest BCUT2D eigenvalue weighted by atomic mass is 9.74. The highest BCUT2D eigenvalue weighted by Crippen LogP contribution is 2.38. The standard InChI is InChI=1S/C19H23F5O2/c1-3-11(4-2)12-5-7-13(8-6-12)18(25)26-14-9-15(20)17(16(21)10-14)19(22,23)24/h9-13H,3-8H2,1-2H3. The Morgan fingerprint density at radius 1 is 1.08 bits per heavy atom. The summed E-state index contributed by atoms with van der Waals surface area (Å²) in [5.74, 6) is -4.00. The molecule has 0 atom stereocenters. The van der Waals surface area contributed by atoms with E-state index < -0.39 is 41.0 Å². The van der Waals surface area contributed by atoms with Crippen LogP contribution in [0, 0.1) is 29.4 Å². The van der Waals surface area contributed by atoms with Gasteiger partial charge in [0.15, 0.2) is 0 Å². The summed E-state index contributed by atoms with van der Waals surface area (Å²) in [6, 6.07) is 0.805. The summed E-state index contributed by atoms with van der Waals surface area (Å²) < 4.78 is 69.8. The van der Waals surface area contributed by atoms with Crippen LogP contribution >= 0.6 is 0 Å².